The molecule has 3 N–H and O–H groups in total. The molecule has 0 aliphatic carbocycles. The predicted octanol–water partition coefficient (Wildman–Crippen LogP) is 2.22. The van der Waals surface area contributed by atoms with Gasteiger partial charge in [0.15, 0.2) is 5.69 Å². The molecule has 1 aromatic heterocycles. The van der Waals surface area contributed by atoms with Gasteiger partial charge in [-0.2, -0.15) is 0 Å². The first-order valence-electron chi connectivity index (χ1n) is 4.85. The van der Waals surface area contributed by atoms with E-state index in [1.54, 1.807) is 6.07 Å². The summed E-state index contributed by atoms with van der Waals surface area (Å²) in [4.78, 5) is 17.5. The number of aromatic amines is 1. The molecular formula is C11H10BrN3O2. The van der Waals surface area contributed by atoms with Gasteiger partial charge in [0.1, 0.15) is 5.75 Å². The van der Waals surface area contributed by atoms with Crippen molar-refractivity contribution in [3.05, 3.63) is 44.9 Å². The first kappa shape index (κ1) is 11.7. The van der Waals surface area contributed by atoms with Gasteiger partial charge < -0.3 is 15.5 Å². The topological polar surface area (TPSA) is 81.0 Å². The van der Waals surface area contributed by atoms with E-state index in [4.69, 9.17) is 10.5 Å². The van der Waals surface area contributed by atoms with Crippen LogP contribution in [0, 0.1) is 6.92 Å². The summed E-state index contributed by atoms with van der Waals surface area (Å²) in [5.74, 6) is 0.708. The molecule has 1 heterocycles. The quantitative estimate of drug-likeness (QED) is 0.890. The van der Waals surface area contributed by atoms with E-state index in [9.17, 15) is 4.79 Å². The zero-order valence-electron chi connectivity index (χ0n) is 9.03. The van der Waals surface area contributed by atoms with Crippen LogP contribution in [0.25, 0.3) is 0 Å². The van der Waals surface area contributed by atoms with Crippen molar-refractivity contribution in [3.8, 4) is 11.6 Å². The highest BCUT2D eigenvalue weighted by Gasteiger charge is 2.09. The number of H-pyrrole nitrogens is 1. The Balaban J connectivity index is 2.41. The minimum absolute atomic E-state index is 0.0353. The number of benzene rings is 1. The van der Waals surface area contributed by atoms with Crippen LogP contribution in [-0.2, 0) is 0 Å². The van der Waals surface area contributed by atoms with E-state index in [2.05, 4.69) is 25.9 Å². The van der Waals surface area contributed by atoms with Crippen molar-refractivity contribution in [2.75, 3.05) is 5.73 Å². The summed E-state index contributed by atoms with van der Waals surface area (Å²) in [5.41, 5.74) is 6.05. The van der Waals surface area contributed by atoms with E-state index in [0.29, 0.717) is 5.75 Å². The lowest BCUT2D eigenvalue weighted by atomic mass is 10.2. The van der Waals surface area contributed by atoms with Crippen LogP contribution in [0.15, 0.2) is 33.8 Å². The molecule has 0 aliphatic heterocycles. The lowest BCUT2D eigenvalue weighted by Gasteiger charge is -2.09. The van der Waals surface area contributed by atoms with E-state index in [1.165, 1.54) is 6.33 Å². The van der Waals surface area contributed by atoms with Crippen molar-refractivity contribution in [2.24, 2.45) is 0 Å². The van der Waals surface area contributed by atoms with Gasteiger partial charge in [-0.25, -0.2) is 4.98 Å². The molecule has 0 aliphatic rings. The number of aromatic nitrogens is 2. The fraction of sp³-hybridized carbons (Fsp3) is 0.0909. The number of halogens is 1. The molecule has 2 rings (SSSR count). The highest BCUT2D eigenvalue weighted by molar-refractivity contribution is 9.10. The molecule has 0 saturated heterocycles. The van der Waals surface area contributed by atoms with E-state index in [0.717, 1.165) is 10.0 Å². The highest BCUT2D eigenvalue weighted by atomic mass is 79.9. The molecule has 0 bridgehead atoms. The maximum absolute atomic E-state index is 11.3. The fourth-order valence-electron chi connectivity index (χ4n) is 1.26. The molecule has 6 heteroatoms. The molecule has 0 radical (unpaired) electrons. The van der Waals surface area contributed by atoms with E-state index in [1.807, 2.05) is 19.1 Å². The van der Waals surface area contributed by atoms with E-state index >= 15 is 0 Å². The van der Waals surface area contributed by atoms with Gasteiger partial charge >= 0.3 is 0 Å². The molecule has 17 heavy (non-hydrogen) atoms. The first-order chi connectivity index (χ1) is 8.08. The molecule has 0 spiro atoms. The summed E-state index contributed by atoms with van der Waals surface area (Å²) < 4.78 is 6.39. The van der Waals surface area contributed by atoms with Crippen molar-refractivity contribution in [3.63, 3.8) is 0 Å². The summed E-state index contributed by atoms with van der Waals surface area (Å²) in [6.45, 7) is 1.89. The third-order valence-corrected chi connectivity index (χ3v) is 2.70. The van der Waals surface area contributed by atoms with Crippen LogP contribution >= 0.6 is 15.9 Å². The fourth-order valence-corrected chi connectivity index (χ4v) is 1.60. The zero-order valence-corrected chi connectivity index (χ0v) is 10.6. The third kappa shape index (κ3) is 2.47. The van der Waals surface area contributed by atoms with Crippen LogP contribution in [0.1, 0.15) is 5.56 Å². The first-order valence-corrected chi connectivity index (χ1v) is 5.64. The molecule has 0 saturated carbocycles. The van der Waals surface area contributed by atoms with Crippen LogP contribution in [-0.4, -0.2) is 9.97 Å². The highest BCUT2D eigenvalue weighted by Crippen LogP contribution is 2.28. The molecule has 2 aromatic rings. The Morgan fingerprint density at radius 3 is 3.00 bits per heavy atom. The maximum Gasteiger partial charge on any atom is 0.277 e. The van der Waals surface area contributed by atoms with E-state index < -0.39 is 5.56 Å². The molecule has 0 fully saturated rings. The van der Waals surface area contributed by atoms with Crippen molar-refractivity contribution >= 4 is 21.6 Å². The Bertz CT molecular complexity index is 610. The minimum atomic E-state index is -0.414. The normalized spacial score (nSPS) is 10.2. The van der Waals surface area contributed by atoms with Crippen LogP contribution in [0.2, 0.25) is 0 Å². The van der Waals surface area contributed by atoms with Crippen LogP contribution in [0.5, 0.6) is 11.6 Å². The van der Waals surface area contributed by atoms with E-state index in [-0.39, 0.29) is 11.6 Å². The Morgan fingerprint density at radius 1 is 1.47 bits per heavy atom. The number of rotatable bonds is 2. The Morgan fingerprint density at radius 2 is 2.24 bits per heavy atom. The van der Waals surface area contributed by atoms with Gasteiger partial charge in [0.25, 0.3) is 5.56 Å². The SMILES string of the molecule is Cc1ccc(Br)cc1Oc1nc[nH]c(=O)c1N. The molecule has 1 aromatic carbocycles. The average molecular weight is 296 g/mol. The van der Waals surface area contributed by atoms with Crippen LogP contribution < -0.4 is 16.0 Å². The molecule has 5 nitrogen and oxygen atoms in total. The number of hydrogen-bond acceptors (Lipinski definition) is 4. The molecular weight excluding hydrogens is 286 g/mol. The largest absolute Gasteiger partial charge is 0.437 e. The summed E-state index contributed by atoms with van der Waals surface area (Å²) in [5, 5.41) is 0. The van der Waals surface area contributed by atoms with Gasteiger partial charge in [0.2, 0.25) is 5.88 Å². The van der Waals surface area contributed by atoms with Gasteiger partial charge in [0.05, 0.1) is 6.33 Å². The Labute approximate surface area is 106 Å². The summed E-state index contributed by atoms with van der Waals surface area (Å²) in [7, 11) is 0. The second kappa shape index (κ2) is 4.58. The van der Waals surface area contributed by atoms with Gasteiger partial charge in [-0.05, 0) is 24.6 Å². The smallest absolute Gasteiger partial charge is 0.277 e. The molecule has 0 atom stereocenters. The summed E-state index contributed by atoms with van der Waals surface area (Å²) in [6, 6.07) is 5.58. The Hall–Kier alpha value is -1.82. The average Bonchev–Trinajstić information content (AvgIpc) is 2.30. The second-order valence-corrected chi connectivity index (χ2v) is 4.38. The van der Waals surface area contributed by atoms with Crippen molar-refractivity contribution < 1.29 is 4.74 Å². The predicted molar refractivity (Wildman–Crippen MR) is 68.2 cm³/mol. The zero-order chi connectivity index (χ0) is 12.4. The third-order valence-electron chi connectivity index (χ3n) is 2.21. The molecule has 0 amide bonds. The summed E-state index contributed by atoms with van der Waals surface area (Å²) >= 11 is 3.34. The monoisotopic (exact) mass is 295 g/mol. The van der Waals surface area contributed by atoms with Crippen molar-refractivity contribution in [1.82, 2.24) is 9.97 Å². The number of nitrogen functional groups attached to an aromatic ring is 1. The van der Waals surface area contributed by atoms with Crippen LogP contribution in [0.4, 0.5) is 5.69 Å². The van der Waals surface area contributed by atoms with Gasteiger partial charge in [-0.3, -0.25) is 4.79 Å². The number of nitrogens with two attached hydrogens (primary N) is 1. The Kier molecular flexibility index (Phi) is 3.14. The van der Waals surface area contributed by atoms with Gasteiger partial charge in [0, 0.05) is 4.47 Å². The van der Waals surface area contributed by atoms with Crippen molar-refractivity contribution in [1.29, 1.82) is 0 Å². The number of ether oxygens (including phenoxy) is 1. The minimum Gasteiger partial charge on any atom is -0.437 e. The number of aryl methyl sites for hydroxylation is 1. The lowest BCUT2D eigenvalue weighted by molar-refractivity contribution is 0.459. The number of nitrogens with one attached hydrogen (secondary N) is 1. The number of nitrogens with zero attached hydrogens (tertiary/aromatic N) is 1. The van der Waals surface area contributed by atoms with Crippen molar-refractivity contribution in [2.45, 2.75) is 6.92 Å². The number of hydrogen-bond donors (Lipinski definition) is 2. The lowest BCUT2D eigenvalue weighted by Crippen LogP contribution is -2.13. The second-order valence-electron chi connectivity index (χ2n) is 3.46. The van der Waals surface area contributed by atoms with Gasteiger partial charge in [-0.15, -0.1) is 0 Å². The molecule has 0 unspecified atom stereocenters. The van der Waals surface area contributed by atoms with Crippen LogP contribution in [0.3, 0.4) is 0 Å². The molecule has 88 valence electrons. The maximum atomic E-state index is 11.3. The summed E-state index contributed by atoms with van der Waals surface area (Å²) in [6.07, 6.45) is 1.25. The number of anilines is 1. The van der Waals surface area contributed by atoms with Gasteiger partial charge in [-0.1, -0.05) is 22.0 Å². The standard InChI is InChI=1S/C11H10BrN3O2/c1-6-2-3-7(12)4-8(6)17-11-9(13)10(16)14-5-15-11/h2-5H,13H2,1H3,(H,14,15,16).